The molecule has 0 atom stereocenters. The van der Waals surface area contributed by atoms with Crippen molar-refractivity contribution >= 4 is 46.5 Å². The molecule has 17 heavy (non-hydrogen) atoms. The largest absolute Gasteiger partial charge is 0.339 e. The maximum Gasteiger partial charge on any atom is 0.339 e. The van der Waals surface area contributed by atoms with E-state index in [4.69, 9.17) is 23.2 Å². The molecule has 88 valence electrons. The normalized spacial score (nSPS) is 10.2. The molecule has 0 saturated heterocycles. The van der Waals surface area contributed by atoms with Gasteiger partial charge in [-0.1, -0.05) is 23.2 Å². The highest BCUT2D eigenvalue weighted by Crippen LogP contribution is 2.25. The Morgan fingerprint density at radius 1 is 1.24 bits per heavy atom. The molecular formula is C10H6Cl2N2O2S. The summed E-state index contributed by atoms with van der Waals surface area (Å²) < 4.78 is 1.01. The molecule has 0 bridgehead atoms. The van der Waals surface area contributed by atoms with Crippen LogP contribution < -0.4 is 10.1 Å². The molecule has 0 unspecified atom stereocenters. The average molecular weight is 289 g/mol. The fourth-order valence-electron chi connectivity index (χ4n) is 1.15. The highest BCUT2D eigenvalue weighted by molar-refractivity contribution is 7.05. The van der Waals surface area contributed by atoms with E-state index >= 15 is 0 Å². The van der Waals surface area contributed by atoms with E-state index in [1.807, 2.05) is 0 Å². The molecule has 0 radical (unpaired) electrons. The molecule has 0 saturated carbocycles. The summed E-state index contributed by atoms with van der Waals surface area (Å²) in [5.41, 5.74) is 0.512. The molecule has 0 spiro atoms. The molecule has 7 heteroatoms. The summed E-state index contributed by atoms with van der Waals surface area (Å²) in [5, 5.41) is 3.36. The number of hydrogen-bond donors (Lipinski definition) is 1. The van der Waals surface area contributed by atoms with Gasteiger partial charge >= 0.3 is 6.03 Å². The lowest BCUT2D eigenvalue weighted by molar-refractivity contribution is 0.255. The van der Waals surface area contributed by atoms with Gasteiger partial charge in [0, 0.05) is 18.0 Å². The van der Waals surface area contributed by atoms with Gasteiger partial charge in [-0.05, 0) is 29.7 Å². The maximum atomic E-state index is 11.7. The number of carbonyl (C=O) groups is 1. The van der Waals surface area contributed by atoms with Crippen molar-refractivity contribution in [1.29, 1.82) is 0 Å². The minimum Gasteiger partial charge on any atom is -0.307 e. The summed E-state index contributed by atoms with van der Waals surface area (Å²) in [5.74, 6) is 0. The van der Waals surface area contributed by atoms with Gasteiger partial charge in [-0.2, -0.15) is 0 Å². The Morgan fingerprint density at radius 3 is 2.59 bits per heavy atom. The van der Waals surface area contributed by atoms with E-state index in [2.05, 4.69) is 5.32 Å². The molecule has 2 aromatic rings. The summed E-state index contributed by atoms with van der Waals surface area (Å²) in [7, 11) is 0. The first-order valence-electron chi connectivity index (χ1n) is 4.51. The third-order valence-electron chi connectivity index (χ3n) is 1.91. The van der Waals surface area contributed by atoms with E-state index in [-0.39, 0.29) is 4.74 Å². The van der Waals surface area contributed by atoms with Crippen molar-refractivity contribution < 1.29 is 4.79 Å². The number of rotatable bonds is 1. The first kappa shape index (κ1) is 12.2. The zero-order valence-electron chi connectivity index (χ0n) is 8.31. The Morgan fingerprint density at radius 2 is 2.00 bits per heavy atom. The molecule has 1 aromatic carbocycles. The van der Waals surface area contributed by atoms with Gasteiger partial charge in [-0.3, -0.25) is 4.79 Å². The predicted molar refractivity (Wildman–Crippen MR) is 69.5 cm³/mol. The second-order valence-corrected chi connectivity index (χ2v) is 4.90. The molecule has 0 aliphatic rings. The molecule has 1 N–H and O–H groups in total. The van der Waals surface area contributed by atoms with Crippen LogP contribution in [0.25, 0.3) is 0 Å². The zero-order valence-corrected chi connectivity index (χ0v) is 10.6. The van der Waals surface area contributed by atoms with Crippen molar-refractivity contribution in [2.75, 3.05) is 5.32 Å². The number of halogens is 2. The Balaban J connectivity index is 2.18. The highest BCUT2D eigenvalue weighted by Gasteiger charge is 2.07. The van der Waals surface area contributed by atoms with Crippen LogP contribution in [-0.4, -0.2) is 9.99 Å². The highest BCUT2D eigenvalue weighted by atomic mass is 35.5. The first-order chi connectivity index (χ1) is 8.06. The third kappa shape index (κ3) is 2.88. The fourth-order valence-corrected chi connectivity index (χ4v) is 2.01. The third-order valence-corrected chi connectivity index (χ3v) is 3.44. The number of amides is 1. The van der Waals surface area contributed by atoms with Crippen LogP contribution in [0.2, 0.25) is 10.0 Å². The minimum absolute atomic E-state index is 0.186. The fraction of sp³-hybridized carbons (Fsp3) is 0. The van der Waals surface area contributed by atoms with Crippen LogP contribution >= 0.6 is 34.7 Å². The Kier molecular flexibility index (Phi) is 3.51. The second-order valence-electron chi connectivity index (χ2n) is 3.11. The number of hydrogen-bond acceptors (Lipinski definition) is 3. The summed E-state index contributed by atoms with van der Waals surface area (Å²) >= 11 is 12.4. The Bertz CT molecular complexity index is 621. The van der Waals surface area contributed by atoms with Crippen molar-refractivity contribution in [2.24, 2.45) is 0 Å². The van der Waals surface area contributed by atoms with Crippen LogP contribution in [-0.2, 0) is 0 Å². The lowest BCUT2D eigenvalue weighted by Gasteiger charge is -2.05. The summed E-state index contributed by atoms with van der Waals surface area (Å²) in [6, 6.07) is 5.64. The molecule has 0 aliphatic heterocycles. The van der Waals surface area contributed by atoms with Gasteiger partial charge in [0.2, 0.25) is 4.74 Å². The van der Waals surface area contributed by atoms with Crippen LogP contribution in [0.4, 0.5) is 10.5 Å². The number of anilines is 1. The lowest BCUT2D eigenvalue weighted by atomic mass is 10.3. The van der Waals surface area contributed by atoms with Gasteiger partial charge in [0.15, 0.2) is 0 Å². The molecular weight excluding hydrogens is 283 g/mol. The summed E-state index contributed by atoms with van der Waals surface area (Å²) in [4.78, 5) is 22.6. The number of carbonyl (C=O) groups excluding carboxylic acids is 1. The van der Waals surface area contributed by atoms with Crippen LogP contribution in [0.1, 0.15) is 0 Å². The van der Waals surface area contributed by atoms with Gasteiger partial charge in [-0.15, -0.1) is 0 Å². The SMILES string of the molecule is O=C(Nc1ccc(Cl)c(Cl)c1)n1ccc(=O)s1. The van der Waals surface area contributed by atoms with Crippen LogP contribution in [0, 0.1) is 0 Å². The van der Waals surface area contributed by atoms with E-state index in [1.165, 1.54) is 22.3 Å². The van der Waals surface area contributed by atoms with E-state index in [0.29, 0.717) is 15.7 Å². The van der Waals surface area contributed by atoms with Crippen molar-refractivity contribution in [3.8, 4) is 0 Å². The van der Waals surface area contributed by atoms with E-state index < -0.39 is 6.03 Å². The topological polar surface area (TPSA) is 51.1 Å². The number of nitrogens with one attached hydrogen (secondary N) is 1. The van der Waals surface area contributed by atoms with E-state index in [0.717, 1.165) is 11.5 Å². The smallest absolute Gasteiger partial charge is 0.307 e. The summed E-state index contributed by atoms with van der Waals surface area (Å²) in [6.07, 6.45) is 1.40. The molecule has 2 rings (SSSR count). The lowest BCUT2D eigenvalue weighted by Crippen LogP contribution is -2.16. The van der Waals surface area contributed by atoms with E-state index in [1.54, 1.807) is 12.1 Å². The monoisotopic (exact) mass is 288 g/mol. The standard InChI is InChI=1S/C10H6Cl2N2O2S/c11-7-2-1-6(5-8(7)12)13-10(16)14-4-3-9(15)17-14/h1-5H,(H,13,16). The van der Waals surface area contributed by atoms with Crippen LogP contribution in [0.15, 0.2) is 35.3 Å². The van der Waals surface area contributed by atoms with Gasteiger partial charge < -0.3 is 5.32 Å². The van der Waals surface area contributed by atoms with Gasteiger partial charge in [0.25, 0.3) is 0 Å². The minimum atomic E-state index is -0.421. The van der Waals surface area contributed by atoms with Gasteiger partial charge in [-0.25, -0.2) is 8.75 Å². The average Bonchev–Trinajstić information content (AvgIpc) is 2.70. The van der Waals surface area contributed by atoms with Crippen molar-refractivity contribution in [2.45, 2.75) is 0 Å². The molecule has 1 aromatic heterocycles. The number of benzene rings is 1. The molecule has 4 nitrogen and oxygen atoms in total. The quantitative estimate of drug-likeness (QED) is 0.875. The van der Waals surface area contributed by atoms with Crippen LogP contribution in [0.5, 0.6) is 0 Å². The van der Waals surface area contributed by atoms with Crippen molar-refractivity contribution in [3.05, 3.63) is 50.0 Å². The number of nitrogens with zero attached hydrogens (tertiary/aromatic N) is 1. The van der Waals surface area contributed by atoms with Crippen molar-refractivity contribution in [1.82, 2.24) is 3.96 Å². The zero-order chi connectivity index (χ0) is 12.4. The molecule has 1 heterocycles. The predicted octanol–water partition coefficient (Wildman–Crippen LogP) is 3.30. The van der Waals surface area contributed by atoms with Gasteiger partial charge in [0.1, 0.15) is 0 Å². The second kappa shape index (κ2) is 4.91. The van der Waals surface area contributed by atoms with Gasteiger partial charge in [0.05, 0.1) is 10.0 Å². The Labute approximate surface area is 111 Å². The molecule has 0 fully saturated rings. The van der Waals surface area contributed by atoms with Crippen molar-refractivity contribution in [3.63, 3.8) is 0 Å². The molecule has 0 aliphatic carbocycles. The molecule has 1 amide bonds. The first-order valence-corrected chi connectivity index (χ1v) is 6.04. The van der Waals surface area contributed by atoms with Crippen LogP contribution in [0.3, 0.4) is 0 Å². The summed E-state index contributed by atoms with van der Waals surface area (Å²) in [6.45, 7) is 0. The Hall–Kier alpha value is -1.30. The van der Waals surface area contributed by atoms with E-state index in [9.17, 15) is 9.59 Å². The number of aromatic nitrogens is 1. The maximum absolute atomic E-state index is 11.7.